The van der Waals surface area contributed by atoms with Gasteiger partial charge in [-0.25, -0.2) is 4.79 Å². The minimum Gasteiger partial charge on any atom is -0.481 e. The van der Waals surface area contributed by atoms with Crippen molar-refractivity contribution in [2.75, 3.05) is 20.1 Å². The Labute approximate surface area is 124 Å². The third-order valence-corrected chi connectivity index (χ3v) is 4.45. The Morgan fingerprint density at radius 1 is 1.33 bits per heavy atom. The molecule has 2 heterocycles. The van der Waals surface area contributed by atoms with Crippen LogP contribution in [-0.2, 0) is 9.59 Å². The van der Waals surface area contributed by atoms with Gasteiger partial charge in [0.25, 0.3) is 0 Å². The predicted molar refractivity (Wildman–Crippen MR) is 75.7 cm³/mol. The van der Waals surface area contributed by atoms with Crippen LogP contribution in [0.1, 0.15) is 32.6 Å². The molecule has 0 aromatic heterocycles. The Morgan fingerprint density at radius 3 is 2.57 bits per heavy atom. The second kappa shape index (κ2) is 6.32. The molecule has 21 heavy (non-hydrogen) atoms. The van der Waals surface area contributed by atoms with Crippen LogP contribution >= 0.6 is 0 Å². The normalized spacial score (nSPS) is 26.8. The molecule has 0 spiro atoms. The smallest absolute Gasteiger partial charge is 0.321 e. The quantitative estimate of drug-likeness (QED) is 0.773. The number of fused-ring (bicyclic) bond motifs is 2. The van der Waals surface area contributed by atoms with Gasteiger partial charge in [0, 0.05) is 25.7 Å². The number of hydrogen-bond acceptors (Lipinski definition) is 3. The number of amides is 3. The monoisotopic (exact) mass is 297 g/mol. The molecule has 2 bridgehead atoms. The van der Waals surface area contributed by atoms with Crippen LogP contribution < -0.4 is 5.32 Å². The largest absolute Gasteiger partial charge is 0.481 e. The molecule has 0 saturated carbocycles. The van der Waals surface area contributed by atoms with Gasteiger partial charge >= 0.3 is 12.0 Å². The van der Waals surface area contributed by atoms with E-state index in [4.69, 9.17) is 0 Å². The topological polar surface area (TPSA) is 90.0 Å². The molecule has 3 unspecified atom stereocenters. The van der Waals surface area contributed by atoms with Crippen molar-refractivity contribution in [2.45, 2.75) is 44.7 Å². The third-order valence-electron chi connectivity index (χ3n) is 4.45. The molecule has 0 aliphatic carbocycles. The fourth-order valence-corrected chi connectivity index (χ4v) is 3.48. The van der Waals surface area contributed by atoms with E-state index in [0.717, 1.165) is 19.3 Å². The average molecular weight is 297 g/mol. The maximum absolute atomic E-state index is 12.7. The Balaban J connectivity index is 2.10. The highest BCUT2D eigenvalue weighted by atomic mass is 16.4. The van der Waals surface area contributed by atoms with Crippen LogP contribution in [0.25, 0.3) is 0 Å². The Bertz CT molecular complexity index is 440. The van der Waals surface area contributed by atoms with Crippen molar-refractivity contribution in [2.24, 2.45) is 5.92 Å². The summed E-state index contributed by atoms with van der Waals surface area (Å²) in [5.41, 5.74) is 0. The first-order chi connectivity index (χ1) is 9.99. The van der Waals surface area contributed by atoms with Crippen LogP contribution in [0.3, 0.4) is 0 Å². The summed E-state index contributed by atoms with van der Waals surface area (Å²) in [6, 6.07) is -0.409. The highest BCUT2D eigenvalue weighted by Crippen LogP contribution is 2.42. The first kappa shape index (κ1) is 15.6. The molecule has 2 aliphatic rings. The minimum atomic E-state index is -0.826. The molecule has 2 saturated heterocycles. The number of likely N-dealkylation sites (N-methyl/N-ethyl adjacent to an activating group) is 1. The fraction of sp³-hybridized carbons (Fsp3) is 0.786. The lowest BCUT2D eigenvalue weighted by Crippen LogP contribution is -2.49. The van der Waals surface area contributed by atoms with Crippen molar-refractivity contribution in [3.63, 3.8) is 0 Å². The number of carbonyl (C=O) groups excluding carboxylic acids is 2. The number of carboxylic acids is 1. The highest BCUT2D eigenvalue weighted by molar-refractivity contribution is 5.85. The standard InChI is InChI=1S/C14H23N3O4/c1-3-6-16(8-12(18)15-2)14(21)17-9-4-5-11(17)10(7-9)13(19)20/h9-11H,3-8H2,1-2H3,(H,15,18)(H,19,20). The van der Waals surface area contributed by atoms with E-state index in [1.54, 1.807) is 4.90 Å². The zero-order chi connectivity index (χ0) is 15.6. The second-order valence-electron chi connectivity index (χ2n) is 5.76. The minimum absolute atomic E-state index is 0.00708. The first-order valence-electron chi connectivity index (χ1n) is 7.50. The molecular formula is C14H23N3O4. The van der Waals surface area contributed by atoms with E-state index in [0.29, 0.717) is 13.0 Å². The fourth-order valence-electron chi connectivity index (χ4n) is 3.48. The maximum Gasteiger partial charge on any atom is 0.321 e. The molecule has 3 amide bonds. The molecule has 2 aliphatic heterocycles. The first-order valence-corrected chi connectivity index (χ1v) is 7.50. The van der Waals surface area contributed by atoms with Crippen LogP contribution in [-0.4, -0.2) is 65.0 Å². The third kappa shape index (κ3) is 2.96. The van der Waals surface area contributed by atoms with E-state index in [1.165, 1.54) is 11.9 Å². The number of hydrogen-bond donors (Lipinski definition) is 2. The van der Waals surface area contributed by atoms with Gasteiger partial charge in [-0.3, -0.25) is 9.59 Å². The summed E-state index contributed by atoms with van der Waals surface area (Å²) in [5.74, 6) is -1.50. The number of rotatable bonds is 5. The van der Waals surface area contributed by atoms with Gasteiger partial charge in [-0.1, -0.05) is 6.92 Å². The van der Waals surface area contributed by atoms with Gasteiger partial charge in [0.1, 0.15) is 6.54 Å². The van der Waals surface area contributed by atoms with E-state index < -0.39 is 11.9 Å². The van der Waals surface area contributed by atoms with Crippen LogP contribution in [0.4, 0.5) is 4.79 Å². The van der Waals surface area contributed by atoms with Gasteiger partial charge in [0.2, 0.25) is 5.91 Å². The molecule has 7 heteroatoms. The molecule has 3 atom stereocenters. The maximum atomic E-state index is 12.7. The molecule has 2 rings (SSSR count). The van der Waals surface area contributed by atoms with Crippen LogP contribution in [0, 0.1) is 5.92 Å². The number of urea groups is 1. The second-order valence-corrected chi connectivity index (χ2v) is 5.76. The summed E-state index contributed by atoms with van der Waals surface area (Å²) in [4.78, 5) is 38.7. The molecule has 118 valence electrons. The lowest BCUT2D eigenvalue weighted by Gasteiger charge is -2.30. The Morgan fingerprint density at radius 2 is 2.05 bits per heavy atom. The average Bonchev–Trinajstić information content (AvgIpc) is 3.03. The summed E-state index contributed by atoms with van der Waals surface area (Å²) >= 11 is 0. The predicted octanol–water partition coefficient (Wildman–Crippen LogP) is 0.502. The van der Waals surface area contributed by atoms with Crippen LogP contribution in [0.2, 0.25) is 0 Å². The van der Waals surface area contributed by atoms with Gasteiger partial charge in [-0.05, 0) is 25.7 Å². The van der Waals surface area contributed by atoms with Crippen LogP contribution in [0.15, 0.2) is 0 Å². The molecule has 0 aromatic carbocycles. The number of carboxylic acid groups (broad SMARTS) is 1. The van der Waals surface area contributed by atoms with Crippen molar-refractivity contribution >= 4 is 17.9 Å². The highest BCUT2D eigenvalue weighted by Gasteiger charge is 2.52. The summed E-state index contributed by atoms with van der Waals surface area (Å²) in [6.45, 7) is 2.47. The number of nitrogens with zero attached hydrogens (tertiary/aromatic N) is 2. The Kier molecular flexibility index (Phi) is 4.69. The van der Waals surface area contributed by atoms with E-state index >= 15 is 0 Å². The van der Waals surface area contributed by atoms with Gasteiger partial charge < -0.3 is 20.2 Å². The van der Waals surface area contributed by atoms with Crippen molar-refractivity contribution in [3.05, 3.63) is 0 Å². The zero-order valence-electron chi connectivity index (χ0n) is 12.5. The number of nitrogens with one attached hydrogen (secondary N) is 1. The van der Waals surface area contributed by atoms with E-state index in [1.807, 2.05) is 6.92 Å². The lowest BCUT2D eigenvalue weighted by atomic mass is 9.89. The number of aliphatic carboxylic acids is 1. The van der Waals surface area contributed by atoms with Crippen molar-refractivity contribution in [1.29, 1.82) is 0 Å². The summed E-state index contributed by atoms with van der Waals surface area (Å²) in [5, 5.41) is 11.8. The van der Waals surface area contributed by atoms with Crippen molar-refractivity contribution in [1.82, 2.24) is 15.1 Å². The molecule has 2 fully saturated rings. The SMILES string of the molecule is CCCN(CC(=O)NC)C(=O)N1C2CCC1C(C(=O)O)C2. The Hall–Kier alpha value is -1.79. The molecule has 0 radical (unpaired) electrons. The van der Waals surface area contributed by atoms with E-state index in [-0.39, 0.29) is 30.6 Å². The van der Waals surface area contributed by atoms with Crippen LogP contribution in [0.5, 0.6) is 0 Å². The van der Waals surface area contributed by atoms with Gasteiger partial charge in [-0.2, -0.15) is 0 Å². The van der Waals surface area contributed by atoms with E-state index in [2.05, 4.69) is 5.32 Å². The molecular weight excluding hydrogens is 274 g/mol. The molecule has 7 nitrogen and oxygen atoms in total. The van der Waals surface area contributed by atoms with Gasteiger partial charge in [0.05, 0.1) is 5.92 Å². The van der Waals surface area contributed by atoms with Gasteiger partial charge in [-0.15, -0.1) is 0 Å². The summed E-state index contributed by atoms with van der Waals surface area (Å²) in [7, 11) is 1.54. The van der Waals surface area contributed by atoms with Crippen molar-refractivity contribution in [3.8, 4) is 0 Å². The molecule has 2 N–H and O–H groups in total. The van der Waals surface area contributed by atoms with E-state index in [9.17, 15) is 19.5 Å². The zero-order valence-corrected chi connectivity index (χ0v) is 12.5. The number of carbonyl (C=O) groups is 3. The summed E-state index contributed by atoms with van der Waals surface area (Å²) in [6.07, 6.45) is 2.90. The van der Waals surface area contributed by atoms with Gasteiger partial charge in [0.15, 0.2) is 0 Å². The lowest BCUT2D eigenvalue weighted by molar-refractivity contribution is -0.142. The molecule has 0 aromatic rings. The van der Waals surface area contributed by atoms with Crippen molar-refractivity contribution < 1.29 is 19.5 Å². The summed E-state index contributed by atoms with van der Waals surface area (Å²) < 4.78 is 0.